The van der Waals surface area contributed by atoms with Crippen LogP contribution in [0, 0.1) is 0 Å². The van der Waals surface area contributed by atoms with Gasteiger partial charge in [-0.25, -0.2) is 0 Å². The van der Waals surface area contributed by atoms with Crippen molar-refractivity contribution >= 4 is 17.5 Å². The minimum absolute atomic E-state index is 0.173. The molecule has 0 radical (unpaired) electrons. The molecule has 0 atom stereocenters. The number of nitrogens with one attached hydrogen (secondary N) is 1. The Hall–Kier alpha value is -2.77. The highest BCUT2D eigenvalue weighted by Gasteiger charge is 2.26. The summed E-state index contributed by atoms with van der Waals surface area (Å²) in [6, 6.07) is 11.1. The monoisotopic (exact) mass is 380 g/mol. The van der Waals surface area contributed by atoms with Crippen molar-refractivity contribution in [2.75, 3.05) is 50.8 Å². The first-order valence-corrected chi connectivity index (χ1v) is 9.66. The maximum atomic E-state index is 12.9. The van der Waals surface area contributed by atoms with Crippen LogP contribution in [-0.4, -0.2) is 67.6 Å². The summed E-state index contributed by atoms with van der Waals surface area (Å²) in [4.78, 5) is 33.6. The van der Waals surface area contributed by atoms with Gasteiger partial charge in [0.15, 0.2) is 0 Å². The van der Waals surface area contributed by atoms with Crippen molar-refractivity contribution in [1.29, 1.82) is 0 Å². The molecule has 2 amide bonds. The summed E-state index contributed by atoms with van der Waals surface area (Å²) in [5.41, 5.74) is 2.83. The fourth-order valence-electron chi connectivity index (χ4n) is 3.63. The Bertz CT molecular complexity index is 864. The Morgan fingerprint density at radius 2 is 1.93 bits per heavy atom. The van der Waals surface area contributed by atoms with Crippen molar-refractivity contribution in [3.63, 3.8) is 0 Å². The fraction of sp³-hybridized carbons (Fsp3) is 0.381. The first-order chi connectivity index (χ1) is 13.7. The number of rotatable bonds is 5. The highest BCUT2D eigenvalue weighted by molar-refractivity contribution is 6.07. The van der Waals surface area contributed by atoms with E-state index in [0.29, 0.717) is 18.7 Å². The first-order valence-electron chi connectivity index (χ1n) is 9.66. The molecule has 1 aromatic carbocycles. The van der Waals surface area contributed by atoms with E-state index in [4.69, 9.17) is 4.74 Å². The number of morpholine rings is 1. The van der Waals surface area contributed by atoms with Crippen molar-refractivity contribution in [3.05, 3.63) is 59.4 Å². The van der Waals surface area contributed by atoms with Crippen LogP contribution in [0.2, 0.25) is 0 Å². The van der Waals surface area contributed by atoms with E-state index in [1.54, 1.807) is 17.0 Å². The minimum Gasteiger partial charge on any atom is -0.379 e. The average Bonchev–Trinajstić information content (AvgIpc) is 3.18. The lowest BCUT2D eigenvalue weighted by Gasteiger charge is -2.26. The van der Waals surface area contributed by atoms with Crippen LogP contribution < -0.4 is 10.2 Å². The van der Waals surface area contributed by atoms with E-state index in [1.165, 1.54) is 6.20 Å². The van der Waals surface area contributed by atoms with Gasteiger partial charge < -0.3 is 15.0 Å². The molecule has 7 heteroatoms. The predicted molar refractivity (Wildman–Crippen MR) is 106 cm³/mol. The van der Waals surface area contributed by atoms with Crippen molar-refractivity contribution in [2.45, 2.75) is 6.42 Å². The summed E-state index contributed by atoms with van der Waals surface area (Å²) in [6.07, 6.45) is 2.36. The normalized spacial score (nSPS) is 16.6. The number of hydrogen-bond acceptors (Lipinski definition) is 5. The second-order valence-electron chi connectivity index (χ2n) is 6.98. The van der Waals surface area contributed by atoms with Crippen molar-refractivity contribution in [2.24, 2.45) is 0 Å². The van der Waals surface area contributed by atoms with E-state index in [2.05, 4.69) is 15.2 Å². The maximum Gasteiger partial charge on any atom is 0.276 e. The molecule has 1 fully saturated rings. The first kappa shape index (κ1) is 18.6. The number of benzene rings is 1. The Morgan fingerprint density at radius 1 is 1.11 bits per heavy atom. The van der Waals surface area contributed by atoms with Gasteiger partial charge >= 0.3 is 0 Å². The zero-order valence-electron chi connectivity index (χ0n) is 15.8. The number of ether oxygens (including phenoxy) is 1. The van der Waals surface area contributed by atoms with Gasteiger partial charge in [0.25, 0.3) is 11.8 Å². The van der Waals surface area contributed by atoms with Crippen LogP contribution in [0.3, 0.4) is 0 Å². The van der Waals surface area contributed by atoms with E-state index >= 15 is 0 Å². The van der Waals surface area contributed by atoms with Gasteiger partial charge in [-0.05, 0) is 30.2 Å². The lowest BCUT2D eigenvalue weighted by molar-refractivity contribution is 0.0383. The molecule has 3 heterocycles. The molecule has 0 saturated carbocycles. The van der Waals surface area contributed by atoms with Gasteiger partial charge in [-0.1, -0.05) is 18.2 Å². The Balaban J connectivity index is 1.38. The fourth-order valence-corrected chi connectivity index (χ4v) is 3.63. The van der Waals surface area contributed by atoms with E-state index in [0.717, 1.165) is 50.5 Å². The molecule has 28 heavy (non-hydrogen) atoms. The van der Waals surface area contributed by atoms with Gasteiger partial charge in [0, 0.05) is 50.2 Å². The molecule has 1 saturated heterocycles. The van der Waals surface area contributed by atoms with Crippen molar-refractivity contribution in [1.82, 2.24) is 15.2 Å². The molecular formula is C21H24N4O3. The van der Waals surface area contributed by atoms with Gasteiger partial charge in [0.1, 0.15) is 5.69 Å². The van der Waals surface area contributed by atoms with E-state index < -0.39 is 0 Å². The zero-order chi connectivity index (χ0) is 19.3. The summed E-state index contributed by atoms with van der Waals surface area (Å²) < 4.78 is 5.32. The molecular weight excluding hydrogens is 356 g/mol. The number of amides is 2. The SMILES string of the molecule is O=C(NCCN1CCOCC1)c1ccnc(C(=O)N2CCc3ccccc32)c1. The third kappa shape index (κ3) is 4.05. The Kier molecular flexibility index (Phi) is 5.64. The number of fused-ring (bicyclic) bond motifs is 1. The molecule has 2 aromatic rings. The van der Waals surface area contributed by atoms with E-state index in [9.17, 15) is 9.59 Å². The standard InChI is InChI=1S/C21H24N4O3/c26-20(23-8-10-24-11-13-28-14-12-24)17-5-7-22-18(15-17)21(27)25-9-6-16-3-1-2-4-19(16)25/h1-5,7,15H,6,8-14H2,(H,23,26). The van der Waals surface area contributed by atoms with E-state index in [1.807, 2.05) is 24.3 Å². The average molecular weight is 380 g/mol. The zero-order valence-corrected chi connectivity index (χ0v) is 15.8. The molecule has 0 unspecified atom stereocenters. The van der Waals surface area contributed by atoms with Crippen LogP contribution in [0.5, 0.6) is 0 Å². The number of carbonyl (C=O) groups is 2. The maximum absolute atomic E-state index is 12.9. The molecule has 0 bridgehead atoms. The molecule has 1 N–H and O–H groups in total. The molecule has 146 valence electrons. The highest BCUT2D eigenvalue weighted by atomic mass is 16.5. The van der Waals surface area contributed by atoms with Gasteiger partial charge in [-0.2, -0.15) is 0 Å². The summed E-state index contributed by atoms with van der Waals surface area (Å²) in [7, 11) is 0. The summed E-state index contributed by atoms with van der Waals surface area (Å²) in [5.74, 6) is -0.362. The smallest absolute Gasteiger partial charge is 0.276 e. The lowest BCUT2D eigenvalue weighted by Crippen LogP contribution is -2.41. The predicted octanol–water partition coefficient (Wildman–Crippen LogP) is 1.35. The highest BCUT2D eigenvalue weighted by Crippen LogP contribution is 2.28. The number of aromatic nitrogens is 1. The van der Waals surface area contributed by atoms with Gasteiger partial charge in [-0.15, -0.1) is 0 Å². The number of para-hydroxylation sites is 1. The molecule has 1 aromatic heterocycles. The second kappa shape index (κ2) is 8.50. The lowest BCUT2D eigenvalue weighted by atomic mass is 10.1. The summed E-state index contributed by atoms with van der Waals surface area (Å²) in [5, 5.41) is 2.92. The number of hydrogen-bond donors (Lipinski definition) is 1. The topological polar surface area (TPSA) is 74.8 Å². The van der Waals surface area contributed by atoms with Crippen LogP contribution >= 0.6 is 0 Å². The number of carbonyl (C=O) groups excluding carboxylic acids is 2. The van der Waals surface area contributed by atoms with Crippen LogP contribution in [-0.2, 0) is 11.2 Å². The Morgan fingerprint density at radius 3 is 2.79 bits per heavy atom. The van der Waals surface area contributed by atoms with Crippen LogP contribution in [0.1, 0.15) is 26.4 Å². The Labute approximate surface area is 164 Å². The second-order valence-corrected chi connectivity index (χ2v) is 6.98. The number of pyridine rings is 1. The summed E-state index contributed by atoms with van der Waals surface area (Å²) in [6.45, 7) is 5.24. The van der Waals surface area contributed by atoms with Gasteiger partial charge in [0.2, 0.25) is 0 Å². The molecule has 0 spiro atoms. The van der Waals surface area contributed by atoms with Crippen molar-refractivity contribution < 1.29 is 14.3 Å². The van der Waals surface area contributed by atoms with Crippen LogP contribution in [0.25, 0.3) is 0 Å². The van der Waals surface area contributed by atoms with Gasteiger partial charge in [0.05, 0.1) is 13.2 Å². The third-order valence-electron chi connectivity index (χ3n) is 5.19. The molecule has 2 aliphatic heterocycles. The van der Waals surface area contributed by atoms with Crippen LogP contribution in [0.15, 0.2) is 42.6 Å². The summed E-state index contributed by atoms with van der Waals surface area (Å²) >= 11 is 0. The van der Waals surface area contributed by atoms with Crippen molar-refractivity contribution in [3.8, 4) is 0 Å². The minimum atomic E-state index is -0.188. The molecule has 2 aliphatic rings. The number of nitrogens with zero attached hydrogens (tertiary/aromatic N) is 3. The van der Waals surface area contributed by atoms with Crippen LogP contribution in [0.4, 0.5) is 5.69 Å². The molecule has 7 nitrogen and oxygen atoms in total. The number of anilines is 1. The quantitative estimate of drug-likeness (QED) is 0.848. The molecule has 4 rings (SSSR count). The third-order valence-corrected chi connectivity index (χ3v) is 5.19. The van der Waals surface area contributed by atoms with Gasteiger partial charge in [-0.3, -0.25) is 19.5 Å². The largest absolute Gasteiger partial charge is 0.379 e. The molecule has 0 aliphatic carbocycles. The van der Waals surface area contributed by atoms with E-state index in [-0.39, 0.29) is 17.5 Å².